The Hall–Kier alpha value is -2.63. The minimum atomic E-state index is -4.67. The second-order valence-corrected chi connectivity index (χ2v) is 5.95. The predicted octanol–water partition coefficient (Wildman–Crippen LogP) is 4.52. The molecule has 2 rings (SSSR count). The normalized spacial score (nSPS) is 13.6. The zero-order valence-corrected chi connectivity index (χ0v) is 14.5. The van der Waals surface area contributed by atoms with Crippen LogP contribution in [0.3, 0.4) is 0 Å². The van der Waals surface area contributed by atoms with Gasteiger partial charge in [0.2, 0.25) is 0 Å². The topological polar surface area (TPSA) is 33.2 Å². The summed E-state index contributed by atoms with van der Waals surface area (Å²) in [6, 6.07) is 6.69. The van der Waals surface area contributed by atoms with E-state index in [0.29, 0.717) is 16.6 Å². The van der Waals surface area contributed by atoms with Gasteiger partial charge in [-0.25, -0.2) is 0 Å². The summed E-state index contributed by atoms with van der Waals surface area (Å²) in [5.74, 6) is 0. The summed E-state index contributed by atoms with van der Waals surface area (Å²) in [6.45, 7) is 3.40. The Bertz CT molecular complexity index is 865. The maximum absolute atomic E-state index is 13.6. The standard InChI is InChI=1S/C19H19F3N2O/c1-12-7-8-15(18-14(12)6-5-9-23-18)16(11-25)17(19(20,21)22)10-13(2)24(3)4/h5-11H,1-4H3/b13-10-,17-16-. The van der Waals surface area contributed by atoms with Crippen LogP contribution in [0.5, 0.6) is 0 Å². The number of carbonyl (C=O) groups is 1. The Labute approximate surface area is 144 Å². The number of halogens is 3. The molecule has 0 N–H and O–H groups in total. The number of fused-ring (bicyclic) bond motifs is 1. The number of benzene rings is 1. The SMILES string of the molecule is C/C(=C/C(=C(\C=O)c1ccc(C)c2cccnc12)C(F)(F)F)N(C)C. The highest BCUT2D eigenvalue weighted by molar-refractivity contribution is 6.14. The van der Waals surface area contributed by atoms with E-state index in [4.69, 9.17) is 0 Å². The van der Waals surface area contributed by atoms with Crippen LogP contribution in [-0.2, 0) is 4.79 Å². The fourth-order valence-corrected chi connectivity index (χ4v) is 2.45. The molecule has 0 radical (unpaired) electrons. The van der Waals surface area contributed by atoms with Gasteiger partial charge in [-0.3, -0.25) is 9.78 Å². The monoisotopic (exact) mass is 348 g/mol. The van der Waals surface area contributed by atoms with E-state index in [1.54, 1.807) is 44.1 Å². The summed E-state index contributed by atoms with van der Waals surface area (Å²) in [5, 5.41) is 0.717. The molecule has 0 spiro atoms. The van der Waals surface area contributed by atoms with E-state index < -0.39 is 17.3 Å². The van der Waals surface area contributed by atoms with Gasteiger partial charge in [-0.15, -0.1) is 0 Å². The lowest BCUT2D eigenvalue weighted by molar-refractivity contribution is -0.104. The van der Waals surface area contributed by atoms with Crippen LogP contribution in [0, 0.1) is 6.92 Å². The van der Waals surface area contributed by atoms with E-state index in [1.807, 2.05) is 6.92 Å². The molecular formula is C19H19F3N2O. The van der Waals surface area contributed by atoms with Crippen molar-refractivity contribution in [1.82, 2.24) is 9.88 Å². The third-order valence-electron chi connectivity index (χ3n) is 4.05. The number of aldehydes is 1. The lowest BCUT2D eigenvalue weighted by Gasteiger charge is -2.18. The second-order valence-electron chi connectivity index (χ2n) is 5.95. The zero-order valence-electron chi connectivity index (χ0n) is 14.5. The summed E-state index contributed by atoms with van der Waals surface area (Å²) in [5.41, 5.74) is 0.414. The number of aryl methyl sites for hydroxylation is 1. The molecule has 0 amide bonds. The maximum Gasteiger partial charge on any atom is 0.417 e. The van der Waals surface area contributed by atoms with Crippen LogP contribution in [0.25, 0.3) is 16.5 Å². The van der Waals surface area contributed by atoms with Crippen molar-refractivity contribution in [3.8, 4) is 0 Å². The van der Waals surface area contributed by atoms with Crippen molar-refractivity contribution in [2.45, 2.75) is 20.0 Å². The largest absolute Gasteiger partial charge is 0.417 e. The molecule has 0 aliphatic heterocycles. The third-order valence-corrected chi connectivity index (χ3v) is 4.05. The van der Waals surface area contributed by atoms with Crippen LogP contribution in [0.2, 0.25) is 0 Å². The molecular weight excluding hydrogens is 329 g/mol. The Kier molecular flexibility index (Phi) is 5.30. The van der Waals surface area contributed by atoms with Crippen LogP contribution >= 0.6 is 0 Å². The number of rotatable bonds is 4. The van der Waals surface area contributed by atoms with E-state index in [-0.39, 0.29) is 11.8 Å². The number of alkyl halides is 3. The lowest BCUT2D eigenvalue weighted by atomic mass is 9.95. The van der Waals surface area contributed by atoms with Crippen molar-refractivity contribution in [2.24, 2.45) is 0 Å². The molecule has 6 heteroatoms. The van der Waals surface area contributed by atoms with E-state index in [9.17, 15) is 18.0 Å². The molecule has 1 heterocycles. The second kappa shape index (κ2) is 7.09. The Balaban J connectivity index is 2.87. The van der Waals surface area contributed by atoms with Gasteiger partial charge in [-0.2, -0.15) is 13.2 Å². The number of aromatic nitrogens is 1. The maximum atomic E-state index is 13.6. The molecule has 25 heavy (non-hydrogen) atoms. The molecule has 1 aromatic carbocycles. The minimum absolute atomic E-state index is 0.173. The average Bonchev–Trinajstić information content (AvgIpc) is 2.55. The first-order valence-corrected chi connectivity index (χ1v) is 7.63. The highest BCUT2D eigenvalue weighted by atomic mass is 19.4. The number of pyridine rings is 1. The van der Waals surface area contributed by atoms with Gasteiger partial charge in [-0.05, 0) is 31.6 Å². The van der Waals surface area contributed by atoms with Crippen molar-refractivity contribution < 1.29 is 18.0 Å². The van der Waals surface area contributed by atoms with E-state index in [2.05, 4.69) is 4.98 Å². The molecule has 1 aromatic heterocycles. The molecule has 0 fully saturated rings. The molecule has 3 nitrogen and oxygen atoms in total. The van der Waals surface area contributed by atoms with Gasteiger partial charge in [0.25, 0.3) is 0 Å². The van der Waals surface area contributed by atoms with Crippen molar-refractivity contribution in [2.75, 3.05) is 14.1 Å². The van der Waals surface area contributed by atoms with Crippen molar-refractivity contribution in [3.63, 3.8) is 0 Å². The van der Waals surface area contributed by atoms with Gasteiger partial charge in [0.15, 0.2) is 6.29 Å². The minimum Gasteiger partial charge on any atom is -0.381 e. The molecule has 0 unspecified atom stereocenters. The van der Waals surface area contributed by atoms with Gasteiger partial charge in [-0.1, -0.05) is 18.2 Å². The van der Waals surface area contributed by atoms with Crippen LogP contribution < -0.4 is 0 Å². The Morgan fingerprint density at radius 3 is 2.44 bits per heavy atom. The number of hydrogen-bond acceptors (Lipinski definition) is 3. The third kappa shape index (κ3) is 3.90. The number of allylic oxidation sites excluding steroid dienone is 4. The van der Waals surface area contributed by atoms with Gasteiger partial charge in [0.1, 0.15) is 0 Å². The molecule has 0 atom stereocenters. The quantitative estimate of drug-likeness (QED) is 0.463. The van der Waals surface area contributed by atoms with Gasteiger partial charge in [0.05, 0.1) is 11.1 Å². The van der Waals surface area contributed by atoms with Gasteiger partial charge in [0, 0.05) is 42.5 Å². The van der Waals surface area contributed by atoms with Crippen molar-refractivity contribution >= 4 is 22.8 Å². The fourth-order valence-electron chi connectivity index (χ4n) is 2.45. The molecule has 0 saturated carbocycles. The van der Waals surface area contributed by atoms with Crippen LogP contribution in [0.1, 0.15) is 18.1 Å². The summed E-state index contributed by atoms with van der Waals surface area (Å²) < 4.78 is 40.9. The van der Waals surface area contributed by atoms with Crippen LogP contribution in [0.15, 0.2) is 47.8 Å². The highest BCUT2D eigenvalue weighted by Gasteiger charge is 2.36. The van der Waals surface area contributed by atoms with Crippen LogP contribution in [0.4, 0.5) is 13.2 Å². The molecule has 132 valence electrons. The molecule has 0 aliphatic carbocycles. The predicted molar refractivity (Wildman–Crippen MR) is 93.0 cm³/mol. The number of carbonyl (C=O) groups excluding carboxylic acids is 1. The average molecular weight is 348 g/mol. The van der Waals surface area contributed by atoms with Crippen molar-refractivity contribution in [1.29, 1.82) is 0 Å². The molecule has 2 aromatic rings. The zero-order chi connectivity index (χ0) is 18.8. The number of hydrogen-bond donors (Lipinski definition) is 0. The van der Waals surface area contributed by atoms with Gasteiger partial charge < -0.3 is 4.90 Å². The summed E-state index contributed by atoms with van der Waals surface area (Å²) >= 11 is 0. The van der Waals surface area contributed by atoms with E-state index in [0.717, 1.165) is 11.6 Å². The van der Waals surface area contributed by atoms with Crippen LogP contribution in [-0.4, -0.2) is 36.4 Å². The molecule has 0 saturated heterocycles. The smallest absolute Gasteiger partial charge is 0.381 e. The first kappa shape index (κ1) is 18.7. The first-order chi connectivity index (χ1) is 11.7. The Morgan fingerprint density at radius 2 is 1.88 bits per heavy atom. The highest BCUT2D eigenvalue weighted by Crippen LogP contribution is 2.36. The first-order valence-electron chi connectivity index (χ1n) is 7.63. The van der Waals surface area contributed by atoms with Gasteiger partial charge >= 0.3 is 6.18 Å². The summed E-state index contributed by atoms with van der Waals surface area (Å²) in [7, 11) is 3.28. The molecule has 0 aliphatic rings. The summed E-state index contributed by atoms with van der Waals surface area (Å²) in [6.07, 6.45) is -1.93. The van der Waals surface area contributed by atoms with E-state index in [1.165, 1.54) is 12.3 Å². The Morgan fingerprint density at radius 1 is 1.20 bits per heavy atom. The van der Waals surface area contributed by atoms with E-state index >= 15 is 0 Å². The van der Waals surface area contributed by atoms with Crippen molar-refractivity contribution in [3.05, 3.63) is 58.9 Å². The summed E-state index contributed by atoms with van der Waals surface area (Å²) in [4.78, 5) is 17.4. The molecule has 0 bridgehead atoms. The fraction of sp³-hybridized carbons (Fsp3) is 0.263. The number of nitrogens with zero attached hydrogens (tertiary/aromatic N) is 2. The lowest BCUT2D eigenvalue weighted by Crippen LogP contribution is -2.16.